The fraction of sp³-hybridized carbons (Fsp3) is 0. The maximum atomic E-state index is 12.1. The van der Waals surface area contributed by atoms with Crippen molar-refractivity contribution in [1.29, 1.82) is 0 Å². The monoisotopic (exact) mass is 348 g/mol. The number of nitrogens with one attached hydrogen (secondary N) is 1. The molecule has 0 saturated heterocycles. The fourth-order valence-electron chi connectivity index (χ4n) is 1.49. The molecule has 2 aromatic carbocycles. The first-order chi connectivity index (χ1) is 9.38. The lowest BCUT2D eigenvalue weighted by molar-refractivity contribution is 0.102. The number of hydrogen-bond donors (Lipinski definition) is 2. The topological polar surface area (TPSA) is 55.1 Å². The second kappa shape index (κ2) is 6.10. The minimum absolute atomic E-state index is 0.292. The molecule has 0 radical (unpaired) electrons. The van der Waals surface area contributed by atoms with Gasteiger partial charge in [-0.15, -0.1) is 0 Å². The van der Waals surface area contributed by atoms with E-state index >= 15 is 0 Å². The molecule has 2 aromatic rings. The van der Waals surface area contributed by atoms with Crippen LogP contribution in [0.2, 0.25) is 20.1 Å². The Balaban J connectivity index is 2.27. The smallest absolute Gasteiger partial charge is 0.255 e. The third-order valence-corrected chi connectivity index (χ3v) is 3.90. The zero-order valence-corrected chi connectivity index (χ0v) is 12.9. The molecule has 0 aliphatic carbocycles. The first kappa shape index (κ1) is 15.3. The maximum Gasteiger partial charge on any atom is 0.255 e. The standard InChI is InChI=1S/C13H8Cl4N2O/c14-7-2-1-6(3-8(7)15)13(20)19-12-5-9(16)11(18)4-10(12)17/h1-5H,18H2,(H,19,20). The van der Waals surface area contributed by atoms with Gasteiger partial charge in [0.2, 0.25) is 0 Å². The molecule has 3 N–H and O–H groups in total. The van der Waals surface area contributed by atoms with Crippen molar-refractivity contribution in [2.24, 2.45) is 0 Å². The second-order valence-corrected chi connectivity index (χ2v) is 5.57. The van der Waals surface area contributed by atoms with E-state index in [1.165, 1.54) is 24.3 Å². The Hall–Kier alpha value is -1.13. The number of anilines is 2. The Morgan fingerprint density at radius 3 is 2.25 bits per heavy atom. The Bertz CT molecular complexity index is 688. The Labute approximate surface area is 135 Å². The van der Waals surface area contributed by atoms with Crippen LogP contribution in [0.3, 0.4) is 0 Å². The third-order valence-electron chi connectivity index (χ3n) is 2.52. The summed E-state index contributed by atoms with van der Waals surface area (Å²) in [6, 6.07) is 7.50. The summed E-state index contributed by atoms with van der Waals surface area (Å²) in [5.41, 5.74) is 6.66. The van der Waals surface area contributed by atoms with Gasteiger partial charge in [-0.3, -0.25) is 4.79 Å². The predicted molar refractivity (Wildman–Crippen MR) is 85.3 cm³/mol. The van der Waals surface area contributed by atoms with Gasteiger partial charge in [0.25, 0.3) is 5.91 Å². The average Bonchev–Trinajstić information content (AvgIpc) is 2.39. The molecular weight excluding hydrogens is 342 g/mol. The van der Waals surface area contributed by atoms with E-state index in [0.717, 1.165) is 0 Å². The number of carbonyl (C=O) groups excluding carboxylic acids is 1. The zero-order valence-electron chi connectivity index (χ0n) is 9.88. The van der Waals surface area contributed by atoms with Crippen molar-refractivity contribution in [1.82, 2.24) is 0 Å². The molecule has 0 atom stereocenters. The highest BCUT2D eigenvalue weighted by Gasteiger charge is 2.12. The molecule has 3 nitrogen and oxygen atoms in total. The Morgan fingerprint density at radius 1 is 0.900 bits per heavy atom. The number of hydrogen-bond acceptors (Lipinski definition) is 2. The lowest BCUT2D eigenvalue weighted by Gasteiger charge is -2.09. The van der Waals surface area contributed by atoms with Crippen molar-refractivity contribution >= 4 is 63.7 Å². The van der Waals surface area contributed by atoms with E-state index < -0.39 is 0 Å². The number of halogens is 4. The molecule has 0 aliphatic heterocycles. The molecule has 0 spiro atoms. The molecule has 104 valence electrons. The van der Waals surface area contributed by atoms with Crippen molar-refractivity contribution < 1.29 is 4.79 Å². The largest absolute Gasteiger partial charge is 0.397 e. The van der Waals surface area contributed by atoms with E-state index in [-0.39, 0.29) is 5.91 Å². The molecule has 0 heterocycles. The van der Waals surface area contributed by atoms with Crippen LogP contribution < -0.4 is 11.1 Å². The third kappa shape index (κ3) is 3.30. The average molecular weight is 350 g/mol. The van der Waals surface area contributed by atoms with Gasteiger partial charge >= 0.3 is 0 Å². The number of amides is 1. The molecule has 0 bridgehead atoms. The highest BCUT2D eigenvalue weighted by atomic mass is 35.5. The van der Waals surface area contributed by atoms with Gasteiger partial charge < -0.3 is 11.1 Å². The van der Waals surface area contributed by atoms with Crippen molar-refractivity contribution in [3.05, 3.63) is 56.0 Å². The summed E-state index contributed by atoms with van der Waals surface area (Å²) >= 11 is 23.5. The van der Waals surface area contributed by atoms with E-state index in [1.54, 1.807) is 6.07 Å². The number of rotatable bonds is 2. The van der Waals surface area contributed by atoms with Gasteiger partial charge in [-0.2, -0.15) is 0 Å². The van der Waals surface area contributed by atoms with Gasteiger partial charge in [0, 0.05) is 5.56 Å². The Morgan fingerprint density at radius 2 is 1.60 bits per heavy atom. The summed E-state index contributed by atoms with van der Waals surface area (Å²) in [4.78, 5) is 12.1. The summed E-state index contributed by atoms with van der Waals surface area (Å²) in [5.74, 6) is -0.383. The molecule has 20 heavy (non-hydrogen) atoms. The van der Waals surface area contributed by atoms with E-state index in [0.29, 0.717) is 37.0 Å². The van der Waals surface area contributed by atoms with Crippen LogP contribution in [0.5, 0.6) is 0 Å². The second-order valence-electron chi connectivity index (χ2n) is 3.94. The van der Waals surface area contributed by atoms with E-state index in [1.807, 2.05) is 0 Å². The quantitative estimate of drug-likeness (QED) is 0.738. The normalized spacial score (nSPS) is 10.4. The van der Waals surface area contributed by atoms with Gasteiger partial charge in [-0.1, -0.05) is 46.4 Å². The molecule has 0 unspecified atom stereocenters. The fourth-order valence-corrected chi connectivity index (χ4v) is 2.17. The lowest BCUT2D eigenvalue weighted by Crippen LogP contribution is -2.12. The number of benzene rings is 2. The van der Waals surface area contributed by atoms with Crippen LogP contribution in [0.4, 0.5) is 11.4 Å². The molecule has 7 heteroatoms. The van der Waals surface area contributed by atoms with Crippen molar-refractivity contribution in [2.75, 3.05) is 11.1 Å². The van der Waals surface area contributed by atoms with Crippen LogP contribution >= 0.6 is 46.4 Å². The van der Waals surface area contributed by atoms with Gasteiger partial charge in [0.1, 0.15) is 0 Å². The first-order valence-corrected chi connectivity index (χ1v) is 6.90. The van der Waals surface area contributed by atoms with E-state index in [2.05, 4.69) is 5.32 Å². The molecule has 1 amide bonds. The lowest BCUT2D eigenvalue weighted by atomic mass is 10.2. The summed E-state index contributed by atoms with van der Waals surface area (Å²) in [5, 5.41) is 3.89. The van der Waals surface area contributed by atoms with Gasteiger partial charge in [0.05, 0.1) is 31.5 Å². The van der Waals surface area contributed by atoms with Gasteiger partial charge in [0.15, 0.2) is 0 Å². The van der Waals surface area contributed by atoms with Crippen LogP contribution in [-0.4, -0.2) is 5.91 Å². The summed E-state index contributed by atoms with van der Waals surface area (Å²) < 4.78 is 0. The zero-order chi connectivity index (χ0) is 14.9. The minimum Gasteiger partial charge on any atom is -0.397 e. The van der Waals surface area contributed by atoms with Gasteiger partial charge in [-0.05, 0) is 30.3 Å². The molecule has 0 fully saturated rings. The summed E-state index contributed by atoms with van der Waals surface area (Å²) in [6.07, 6.45) is 0. The molecule has 0 aromatic heterocycles. The number of nitrogen functional groups attached to an aromatic ring is 1. The van der Waals surface area contributed by atoms with Crippen molar-refractivity contribution in [2.45, 2.75) is 0 Å². The van der Waals surface area contributed by atoms with Crippen molar-refractivity contribution in [3.8, 4) is 0 Å². The van der Waals surface area contributed by atoms with Crippen LogP contribution in [0, 0.1) is 0 Å². The highest BCUT2D eigenvalue weighted by Crippen LogP contribution is 2.31. The summed E-state index contributed by atoms with van der Waals surface area (Å²) in [7, 11) is 0. The minimum atomic E-state index is -0.383. The number of nitrogens with two attached hydrogens (primary N) is 1. The van der Waals surface area contributed by atoms with Crippen LogP contribution in [0.25, 0.3) is 0 Å². The Kier molecular flexibility index (Phi) is 4.66. The molecule has 0 saturated carbocycles. The summed E-state index contributed by atoms with van der Waals surface area (Å²) in [6.45, 7) is 0. The molecule has 0 aliphatic rings. The van der Waals surface area contributed by atoms with Crippen LogP contribution in [0.15, 0.2) is 30.3 Å². The predicted octanol–water partition coefficient (Wildman–Crippen LogP) is 5.13. The first-order valence-electron chi connectivity index (χ1n) is 5.39. The molecule has 2 rings (SSSR count). The number of carbonyl (C=O) groups is 1. The highest BCUT2D eigenvalue weighted by molar-refractivity contribution is 6.42. The SMILES string of the molecule is Nc1cc(Cl)c(NC(=O)c2ccc(Cl)c(Cl)c2)cc1Cl. The van der Waals surface area contributed by atoms with E-state index in [4.69, 9.17) is 52.1 Å². The van der Waals surface area contributed by atoms with E-state index in [9.17, 15) is 4.79 Å². The van der Waals surface area contributed by atoms with Gasteiger partial charge in [-0.25, -0.2) is 0 Å². The maximum absolute atomic E-state index is 12.1. The van der Waals surface area contributed by atoms with Crippen LogP contribution in [-0.2, 0) is 0 Å². The molecular formula is C13H8Cl4N2O. The van der Waals surface area contributed by atoms with Crippen LogP contribution in [0.1, 0.15) is 10.4 Å². The van der Waals surface area contributed by atoms with Crippen molar-refractivity contribution in [3.63, 3.8) is 0 Å².